The molecule has 0 amide bonds. The first-order chi connectivity index (χ1) is 9.58. The first kappa shape index (κ1) is 15.5. The van der Waals surface area contributed by atoms with Crippen molar-refractivity contribution in [1.82, 2.24) is 4.90 Å². The predicted molar refractivity (Wildman–Crippen MR) is 87.0 cm³/mol. The summed E-state index contributed by atoms with van der Waals surface area (Å²) in [5.74, 6) is 0. The summed E-state index contributed by atoms with van der Waals surface area (Å²) in [6.45, 7) is 5.29. The van der Waals surface area contributed by atoms with Crippen molar-refractivity contribution in [2.45, 2.75) is 64.5 Å². The Kier molecular flexibility index (Phi) is 5.62. The number of likely N-dealkylation sites (N-methyl/N-ethyl adjacent to an activating group) is 1. The molecule has 0 heterocycles. The summed E-state index contributed by atoms with van der Waals surface area (Å²) in [5, 5.41) is 0. The Hall–Kier alpha value is -0.860. The maximum Gasteiger partial charge on any atom is 0.0424 e. The molecule has 2 nitrogen and oxygen atoms in total. The second kappa shape index (κ2) is 7.24. The van der Waals surface area contributed by atoms with Gasteiger partial charge in [-0.1, -0.05) is 43.9 Å². The summed E-state index contributed by atoms with van der Waals surface area (Å²) in [5.41, 5.74) is 10.4. The second-order valence-corrected chi connectivity index (χ2v) is 6.54. The van der Waals surface area contributed by atoms with E-state index in [0.717, 1.165) is 12.6 Å². The Balaban J connectivity index is 1.95. The lowest BCUT2D eigenvalue weighted by Gasteiger charge is -2.29. The molecule has 2 heteroatoms. The number of nitrogens with zero attached hydrogens (tertiary/aromatic N) is 1. The smallest absolute Gasteiger partial charge is 0.0424 e. The molecule has 0 aliphatic heterocycles. The van der Waals surface area contributed by atoms with Crippen molar-refractivity contribution in [3.63, 3.8) is 0 Å². The van der Waals surface area contributed by atoms with E-state index in [1.54, 1.807) is 0 Å². The zero-order chi connectivity index (χ0) is 14.5. The molecule has 1 unspecified atom stereocenters. The van der Waals surface area contributed by atoms with Gasteiger partial charge in [-0.2, -0.15) is 0 Å². The van der Waals surface area contributed by atoms with Gasteiger partial charge in [0.15, 0.2) is 0 Å². The molecule has 1 atom stereocenters. The number of benzene rings is 1. The molecule has 0 radical (unpaired) electrons. The minimum absolute atomic E-state index is 0.127. The van der Waals surface area contributed by atoms with Crippen LogP contribution in [0.2, 0.25) is 0 Å². The molecule has 1 aliphatic rings. The predicted octanol–water partition coefficient (Wildman–Crippen LogP) is 3.96. The van der Waals surface area contributed by atoms with Crippen LogP contribution in [0.1, 0.15) is 61.3 Å². The maximum absolute atomic E-state index is 6.42. The lowest BCUT2D eigenvalue weighted by atomic mass is 10.00. The number of hydrogen-bond acceptors (Lipinski definition) is 2. The molecule has 2 rings (SSSR count). The number of hydrogen-bond donors (Lipinski definition) is 1. The van der Waals surface area contributed by atoms with Crippen LogP contribution in [0.5, 0.6) is 0 Å². The van der Waals surface area contributed by atoms with Crippen LogP contribution in [-0.4, -0.2) is 24.5 Å². The fourth-order valence-electron chi connectivity index (χ4n) is 3.26. The fraction of sp³-hybridized carbons (Fsp3) is 0.667. The molecule has 1 saturated carbocycles. The van der Waals surface area contributed by atoms with Crippen molar-refractivity contribution >= 4 is 0 Å². The van der Waals surface area contributed by atoms with Crippen molar-refractivity contribution in [3.05, 3.63) is 34.9 Å². The Morgan fingerprint density at radius 2 is 1.75 bits per heavy atom. The van der Waals surface area contributed by atoms with Gasteiger partial charge in [0, 0.05) is 18.6 Å². The average molecular weight is 274 g/mol. The molecule has 1 aromatic carbocycles. The van der Waals surface area contributed by atoms with Crippen molar-refractivity contribution in [2.75, 3.05) is 13.6 Å². The molecule has 0 bridgehead atoms. The van der Waals surface area contributed by atoms with Crippen molar-refractivity contribution < 1.29 is 0 Å². The summed E-state index contributed by atoms with van der Waals surface area (Å²) >= 11 is 0. The van der Waals surface area contributed by atoms with Crippen molar-refractivity contribution in [2.24, 2.45) is 5.73 Å². The monoisotopic (exact) mass is 274 g/mol. The Bertz CT molecular complexity index is 419. The zero-order valence-corrected chi connectivity index (χ0v) is 13.4. The lowest BCUT2D eigenvalue weighted by Crippen LogP contribution is -2.37. The van der Waals surface area contributed by atoms with Crippen molar-refractivity contribution in [1.29, 1.82) is 0 Å². The van der Waals surface area contributed by atoms with Gasteiger partial charge in [0.25, 0.3) is 0 Å². The van der Waals surface area contributed by atoms with E-state index in [1.165, 1.54) is 55.2 Å². The first-order valence-electron chi connectivity index (χ1n) is 8.11. The molecule has 1 fully saturated rings. The number of rotatable bonds is 4. The molecule has 0 aromatic heterocycles. The normalized spacial score (nSPS) is 19.1. The molecule has 2 N–H and O–H groups in total. The highest BCUT2D eigenvalue weighted by Crippen LogP contribution is 2.23. The Morgan fingerprint density at radius 1 is 1.10 bits per heavy atom. The maximum atomic E-state index is 6.42. The van der Waals surface area contributed by atoms with E-state index in [9.17, 15) is 0 Å². The van der Waals surface area contributed by atoms with Gasteiger partial charge in [0.2, 0.25) is 0 Å². The highest BCUT2D eigenvalue weighted by molar-refractivity contribution is 5.31. The van der Waals surface area contributed by atoms with E-state index in [2.05, 4.69) is 44.0 Å². The van der Waals surface area contributed by atoms with Crippen LogP contribution in [0.4, 0.5) is 0 Å². The van der Waals surface area contributed by atoms with Gasteiger partial charge < -0.3 is 10.6 Å². The van der Waals surface area contributed by atoms with Crippen LogP contribution in [0.3, 0.4) is 0 Å². The SMILES string of the molecule is Cc1ccc(C(N)CN(C)C2CCCCCC2)cc1C. The number of nitrogens with two attached hydrogens (primary N) is 1. The molecule has 112 valence electrons. The van der Waals surface area contributed by atoms with Crippen LogP contribution in [0, 0.1) is 13.8 Å². The third-order valence-electron chi connectivity index (χ3n) is 4.89. The average Bonchev–Trinajstić information content (AvgIpc) is 2.70. The molecule has 0 spiro atoms. The molecule has 1 aromatic rings. The van der Waals surface area contributed by atoms with Crippen LogP contribution >= 0.6 is 0 Å². The van der Waals surface area contributed by atoms with Crippen LogP contribution in [-0.2, 0) is 0 Å². The summed E-state index contributed by atoms with van der Waals surface area (Å²) in [4.78, 5) is 2.49. The lowest BCUT2D eigenvalue weighted by molar-refractivity contribution is 0.209. The first-order valence-corrected chi connectivity index (χ1v) is 8.11. The molecule has 1 aliphatic carbocycles. The van der Waals surface area contributed by atoms with Gasteiger partial charge in [-0.05, 0) is 50.4 Å². The number of aryl methyl sites for hydroxylation is 2. The van der Waals surface area contributed by atoms with Gasteiger partial charge in [0.1, 0.15) is 0 Å². The minimum Gasteiger partial charge on any atom is -0.323 e. The molecule has 0 saturated heterocycles. The summed E-state index contributed by atoms with van der Waals surface area (Å²) in [7, 11) is 2.25. The van der Waals surface area contributed by atoms with E-state index >= 15 is 0 Å². The van der Waals surface area contributed by atoms with E-state index in [4.69, 9.17) is 5.73 Å². The second-order valence-electron chi connectivity index (χ2n) is 6.54. The van der Waals surface area contributed by atoms with E-state index in [1.807, 2.05) is 0 Å². The van der Waals surface area contributed by atoms with Gasteiger partial charge in [-0.25, -0.2) is 0 Å². The third-order valence-corrected chi connectivity index (χ3v) is 4.89. The van der Waals surface area contributed by atoms with E-state index in [0.29, 0.717) is 0 Å². The van der Waals surface area contributed by atoms with E-state index < -0.39 is 0 Å². The summed E-state index contributed by atoms with van der Waals surface area (Å²) in [6.07, 6.45) is 8.27. The largest absolute Gasteiger partial charge is 0.323 e. The van der Waals surface area contributed by atoms with Gasteiger partial charge in [-0.15, -0.1) is 0 Å². The topological polar surface area (TPSA) is 29.3 Å². The summed E-state index contributed by atoms with van der Waals surface area (Å²) < 4.78 is 0. The van der Waals surface area contributed by atoms with Gasteiger partial charge in [0.05, 0.1) is 0 Å². The Labute approximate surface area is 124 Å². The van der Waals surface area contributed by atoms with Crippen LogP contribution < -0.4 is 5.73 Å². The standard InChI is InChI=1S/C18H30N2/c1-14-10-11-16(12-15(14)2)18(19)13-20(3)17-8-6-4-5-7-9-17/h10-12,17-18H,4-9,13,19H2,1-3H3. The third kappa shape index (κ3) is 4.07. The molecular weight excluding hydrogens is 244 g/mol. The highest BCUT2D eigenvalue weighted by Gasteiger charge is 2.19. The van der Waals surface area contributed by atoms with E-state index in [-0.39, 0.29) is 6.04 Å². The highest BCUT2D eigenvalue weighted by atomic mass is 15.1. The van der Waals surface area contributed by atoms with Crippen LogP contribution in [0.25, 0.3) is 0 Å². The zero-order valence-electron chi connectivity index (χ0n) is 13.4. The molecular formula is C18H30N2. The van der Waals surface area contributed by atoms with Crippen molar-refractivity contribution in [3.8, 4) is 0 Å². The minimum atomic E-state index is 0.127. The quantitative estimate of drug-likeness (QED) is 0.842. The van der Waals surface area contributed by atoms with Gasteiger partial charge >= 0.3 is 0 Å². The fourth-order valence-corrected chi connectivity index (χ4v) is 3.26. The molecule has 20 heavy (non-hydrogen) atoms. The van der Waals surface area contributed by atoms with Crippen LogP contribution in [0.15, 0.2) is 18.2 Å². The Morgan fingerprint density at radius 3 is 2.35 bits per heavy atom. The van der Waals surface area contributed by atoms with Gasteiger partial charge in [-0.3, -0.25) is 0 Å². The summed E-state index contributed by atoms with van der Waals surface area (Å²) in [6, 6.07) is 7.49.